The minimum Gasteiger partial charge on any atom is -0.468 e. The minimum absolute atomic E-state index is 0.270. The standard InChI is InChI=1S/C12H17N3O/c1-10(11-4-3-9-16-11)13-6-2-5-12-14-7-8-15-12/h3-4,7-10,13H,2,5-6H2,1H3,(H,14,15). The first-order valence-electron chi connectivity index (χ1n) is 5.61. The first kappa shape index (κ1) is 11.0. The molecular formula is C12H17N3O. The third-order valence-electron chi connectivity index (χ3n) is 2.57. The Hall–Kier alpha value is -1.55. The molecule has 0 aliphatic rings. The Morgan fingerprint density at radius 2 is 2.50 bits per heavy atom. The predicted octanol–water partition coefficient (Wildman–Crippen LogP) is 2.29. The highest BCUT2D eigenvalue weighted by Gasteiger charge is 2.06. The molecule has 0 aliphatic heterocycles. The van der Waals surface area contributed by atoms with E-state index in [0.29, 0.717) is 0 Å². The van der Waals surface area contributed by atoms with Crippen LogP contribution in [-0.4, -0.2) is 16.5 Å². The summed E-state index contributed by atoms with van der Waals surface area (Å²) in [5.41, 5.74) is 0. The van der Waals surface area contributed by atoms with Gasteiger partial charge in [-0.2, -0.15) is 0 Å². The van der Waals surface area contributed by atoms with Crippen molar-refractivity contribution in [2.24, 2.45) is 0 Å². The van der Waals surface area contributed by atoms with E-state index in [4.69, 9.17) is 4.42 Å². The molecule has 0 bridgehead atoms. The summed E-state index contributed by atoms with van der Waals surface area (Å²) in [6.07, 6.45) is 7.39. The Bertz CT molecular complexity index is 380. The number of nitrogens with zero attached hydrogens (tertiary/aromatic N) is 1. The van der Waals surface area contributed by atoms with Crippen LogP contribution in [0.5, 0.6) is 0 Å². The fraction of sp³-hybridized carbons (Fsp3) is 0.417. The van der Waals surface area contributed by atoms with Gasteiger partial charge in [0.2, 0.25) is 0 Å². The van der Waals surface area contributed by atoms with E-state index < -0.39 is 0 Å². The molecule has 4 heteroatoms. The first-order valence-corrected chi connectivity index (χ1v) is 5.61. The number of aromatic nitrogens is 2. The molecule has 0 aliphatic carbocycles. The van der Waals surface area contributed by atoms with E-state index in [1.807, 2.05) is 18.3 Å². The van der Waals surface area contributed by atoms with E-state index in [1.165, 1.54) is 0 Å². The molecule has 0 spiro atoms. The van der Waals surface area contributed by atoms with Gasteiger partial charge in [0.1, 0.15) is 11.6 Å². The van der Waals surface area contributed by atoms with Crippen LogP contribution in [0.15, 0.2) is 35.2 Å². The average molecular weight is 219 g/mol. The third-order valence-corrected chi connectivity index (χ3v) is 2.57. The summed E-state index contributed by atoms with van der Waals surface area (Å²) < 4.78 is 5.32. The number of H-pyrrole nitrogens is 1. The number of aryl methyl sites for hydroxylation is 1. The van der Waals surface area contributed by atoms with Crippen LogP contribution in [0.25, 0.3) is 0 Å². The lowest BCUT2D eigenvalue weighted by atomic mass is 10.2. The van der Waals surface area contributed by atoms with Gasteiger partial charge in [0, 0.05) is 18.8 Å². The molecule has 0 radical (unpaired) electrons. The lowest BCUT2D eigenvalue weighted by Gasteiger charge is -2.10. The lowest BCUT2D eigenvalue weighted by molar-refractivity contribution is 0.428. The number of rotatable bonds is 6. The van der Waals surface area contributed by atoms with Crippen LogP contribution >= 0.6 is 0 Å². The summed E-state index contributed by atoms with van der Waals surface area (Å²) in [7, 11) is 0. The zero-order valence-electron chi connectivity index (χ0n) is 9.44. The number of aromatic amines is 1. The van der Waals surface area contributed by atoms with Gasteiger partial charge >= 0.3 is 0 Å². The summed E-state index contributed by atoms with van der Waals surface area (Å²) in [6, 6.07) is 4.17. The highest BCUT2D eigenvalue weighted by Crippen LogP contribution is 2.11. The van der Waals surface area contributed by atoms with Crippen molar-refractivity contribution >= 4 is 0 Å². The van der Waals surface area contributed by atoms with Gasteiger partial charge in [-0.25, -0.2) is 4.98 Å². The summed E-state index contributed by atoms with van der Waals surface area (Å²) >= 11 is 0. The van der Waals surface area contributed by atoms with Crippen molar-refractivity contribution in [1.29, 1.82) is 0 Å². The van der Waals surface area contributed by atoms with Crippen molar-refractivity contribution in [3.8, 4) is 0 Å². The van der Waals surface area contributed by atoms with Gasteiger partial charge < -0.3 is 14.7 Å². The Kier molecular flexibility index (Phi) is 3.77. The summed E-state index contributed by atoms with van der Waals surface area (Å²) in [6.45, 7) is 3.06. The van der Waals surface area contributed by atoms with Gasteiger partial charge in [-0.05, 0) is 32.0 Å². The molecule has 0 aromatic carbocycles. The maximum absolute atomic E-state index is 5.32. The van der Waals surface area contributed by atoms with Crippen LogP contribution in [0, 0.1) is 0 Å². The Morgan fingerprint density at radius 3 is 3.19 bits per heavy atom. The minimum atomic E-state index is 0.270. The largest absolute Gasteiger partial charge is 0.468 e. The van der Waals surface area contributed by atoms with Crippen LogP contribution in [0.3, 0.4) is 0 Å². The summed E-state index contributed by atoms with van der Waals surface area (Å²) in [5, 5.41) is 3.41. The van der Waals surface area contributed by atoms with Crippen molar-refractivity contribution in [3.05, 3.63) is 42.4 Å². The number of hydrogen-bond acceptors (Lipinski definition) is 3. The number of nitrogens with one attached hydrogen (secondary N) is 2. The van der Waals surface area contributed by atoms with Crippen molar-refractivity contribution in [3.63, 3.8) is 0 Å². The molecule has 2 rings (SSSR count). The number of furan rings is 1. The van der Waals surface area contributed by atoms with Gasteiger partial charge in [0.05, 0.1) is 12.3 Å². The molecule has 0 saturated carbocycles. The molecule has 1 unspecified atom stereocenters. The van der Waals surface area contributed by atoms with Gasteiger partial charge in [0.25, 0.3) is 0 Å². The van der Waals surface area contributed by atoms with Crippen LogP contribution in [0.2, 0.25) is 0 Å². The molecule has 0 amide bonds. The van der Waals surface area contributed by atoms with Crippen LogP contribution in [0.4, 0.5) is 0 Å². The quantitative estimate of drug-likeness (QED) is 0.733. The van der Waals surface area contributed by atoms with Crippen molar-refractivity contribution in [2.45, 2.75) is 25.8 Å². The highest BCUT2D eigenvalue weighted by atomic mass is 16.3. The SMILES string of the molecule is CC(NCCCc1ncc[nH]1)c1ccco1. The van der Waals surface area contributed by atoms with Crippen molar-refractivity contribution < 1.29 is 4.42 Å². The lowest BCUT2D eigenvalue weighted by Crippen LogP contribution is -2.19. The molecule has 2 aromatic heterocycles. The van der Waals surface area contributed by atoms with Crippen LogP contribution in [-0.2, 0) is 6.42 Å². The van der Waals surface area contributed by atoms with E-state index in [0.717, 1.165) is 31.0 Å². The fourth-order valence-corrected chi connectivity index (χ4v) is 1.65. The zero-order chi connectivity index (χ0) is 11.2. The maximum atomic E-state index is 5.32. The number of imidazole rings is 1. The van der Waals surface area contributed by atoms with E-state index in [1.54, 1.807) is 12.5 Å². The molecule has 4 nitrogen and oxygen atoms in total. The average Bonchev–Trinajstić information content (AvgIpc) is 2.96. The third kappa shape index (κ3) is 2.97. The molecule has 1 atom stereocenters. The molecule has 2 heterocycles. The van der Waals surface area contributed by atoms with Gasteiger partial charge in [-0.3, -0.25) is 0 Å². The molecule has 86 valence electrons. The van der Waals surface area contributed by atoms with Gasteiger partial charge in [-0.15, -0.1) is 0 Å². The Morgan fingerprint density at radius 1 is 1.56 bits per heavy atom. The second-order valence-corrected chi connectivity index (χ2v) is 3.83. The van der Waals surface area contributed by atoms with Gasteiger partial charge in [-0.1, -0.05) is 0 Å². The van der Waals surface area contributed by atoms with Crippen LogP contribution in [0.1, 0.15) is 31.0 Å². The topological polar surface area (TPSA) is 53.9 Å². The van der Waals surface area contributed by atoms with E-state index in [-0.39, 0.29) is 6.04 Å². The molecule has 0 fully saturated rings. The molecule has 2 N–H and O–H groups in total. The smallest absolute Gasteiger partial charge is 0.120 e. The maximum Gasteiger partial charge on any atom is 0.120 e. The second kappa shape index (κ2) is 5.51. The van der Waals surface area contributed by atoms with E-state index >= 15 is 0 Å². The normalized spacial score (nSPS) is 12.8. The Labute approximate surface area is 95.1 Å². The second-order valence-electron chi connectivity index (χ2n) is 3.83. The van der Waals surface area contributed by atoms with E-state index in [2.05, 4.69) is 22.2 Å². The van der Waals surface area contributed by atoms with Crippen LogP contribution < -0.4 is 5.32 Å². The number of hydrogen-bond donors (Lipinski definition) is 2. The summed E-state index contributed by atoms with van der Waals surface area (Å²) in [5.74, 6) is 2.03. The Balaban J connectivity index is 1.65. The molecule has 0 saturated heterocycles. The predicted molar refractivity (Wildman–Crippen MR) is 62.0 cm³/mol. The molecular weight excluding hydrogens is 202 g/mol. The highest BCUT2D eigenvalue weighted by molar-refractivity contribution is 5.02. The zero-order valence-corrected chi connectivity index (χ0v) is 9.44. The van der Waals surface area contributed by atoms with Crippen molar-refractivity contribution in [1.82, 2.24) is 15.3 Å². The first-order chi connectivity index (χ1) is 7.86. The summed E-state index contributed by atoms with van der Waals surface area (Å²) in [4.78, 5) is 7.28. The molecule has 16 heavy (non-hydrogen) atoms. The van der Waals surface area contributed by atoms with E-state index in [9.17, 15) is 0 Å². The fourth-order valence-electron chi connectivity index (χ4n) is 1.65. The van der Waals surface area contributed by atoms with Gasteiger partial charge in [0.15, 0.2) is 0 Å². The van der Waals surface area contributed by atoms with Crippen molar-refractivity contribution in [2.75, 3.05) is 6.54 Å². The monoisotopic (exact) mass is 219 g/mol. The molecule has 2 aromatic rings.